The number of methoxy groups -OCH3 is 1. The summed E-state index contributed by atoms with van der Waals surface area (Å²) in [5.41, 5.74) is 6.87. The van der Waals surface area contributed by atoms with Crippen LogP contribution in [0.3, 0.4) is 0 Å². The van der Waals surface area contributed by atoms with E-state index >= 15 is 0 Å². The normalized spacial score (nSPS) is 25.4. The third-order valence-corrected chi connectivity index (χ3v) is 3.78. The molecule has 0 radical (unpaired) electrons. The van der Waals surface area contributed by atoms with Crippen LogP contribution in [0, 0.1) is 0 Å². The average molecular weight is 262 g/mol. The summed E-state index contributed by atoms with van der Waals surface area (Å²) in [7, 11) is 1.56. The lowest BCUT2D eigenvalue weighted by Gasteiger charge is -2.32. The average Bonchev–Trinajstić information content (AvgIpc) is 2.76. The quantitative estimate of drug-likeness (QED) is 0.815. The van der Waals surface area contributed by atoms with Crippen molar-refractivity contribution in [1.82, 2.24) is 4.90 Å². The molecule has 0 spiro atoms. The Morgan fingerprint density at radius 1 is 1.37 bits per heavy atom. The highest BCUT2D eigenvalue weighted by Crippen LogP contribution is 2.29. The van der Waals surface area contributed by atoms with E-state index in [0.717, 1.165) is 12.8 Å². The smallest absolute Gasteiger partial charge is 0.257 e. The van der Waals surface area contributed by atoms with E-state index in [4.69, 9.17) is 15.2 Å². The molecule has 5 nitrogen and oxygen atoms in total. The standard InChI is InChI=1S/C14H18N2O3/c1-18-13-5-2-9(15)6-12(13)14(17)16-7-10-3-4-11(8-16)19-10/h2,5-6,10-11H,3-4,7-8,15H2,1H3. The van der Waals surface area contributed by atoms with Crippen LogP contribution in [-0.2, 0) is 4.74 Å². The van der Waals surface area contributed by atoms with Crippen molar-refractivity contribution in [3.05, 3.63) is 23.8 Å². The van der Waals surface area contributed by atoms with Gasteiger partial charge in [0.25, 0.3) is 5.91 Å². The molecule has 1 aromatic rings. The van der Waals surface area contributed by atoms with E-state index in [1.165, 1.54) is 0 Å². The Morgan fingerprint density at radius 2 is 2.05 bits per heavy atom. The van der Waals surface area contributed by atoms with Gasteiger partial charge >= 0.3 is 0 Å². The zero-order chi connectivity index (χ0) is 13.4. The topological polar surface area (TPSA) is 64.8 Å². The van der Waals surface area contributed by atoms with Crippen molar-refractivity contribution in [3.63, 3.8) is 0 Å². The third kappa shape index (κ3) is 2.26. The lowest BCUT2D eigenvalue weighted by Crippen LogP contribution is -2.45. The van der Waals surface area contributed by atoms with Gasteiger partial charge in [0.15, 0.2) is 0 Å². The number of fused-ring (bicyclic) bond motifs is 2. The first-order valence-electron chi connectivity index (χ1n) is 6.55. The number of hydrogen-bond acceptors (Lipinski definition) is 4. The van der Waals surface area contributed by atoms with Gasteiger partial charge in [-0.15, -0.1) is 0 Å². The molecule has 2 N–H and O–H groups in total. The van der Waals surface area contributed by atoms with E-state index < -0.39 is 0 Å². The molecular weight excluding hydrogens is 244 g/mol. The summed E-state index contributed by atoms with van der Waals surface area (Å²) in [4.78, 5) is 14.4. The summed E-state index contributed by atoms with van der Waals surface area (Å²) >= 11 is 0. The fourth-order valence-corrected chi connectivity index (χ4v) is 2.84. The van der Waals surface area contributed by atoms with E-state index in [-0.39, 0.29) is 18.1 Å². The molecule has 2 heterocycles. The maximum atomic E-state index is 12.6. The second-order valence-electron chi connectivity index (χ2n) is 5.13. The number of nitrogen functional groups attached to an aromatic ring is 1. The molecule has 0 saturated carbocycles. The molecular formula is C14H18N2O3. The van der Waals surface area contributed by atoms with Crippen molar-refractivity contribution in [2.75, 3.05) is 25.9 Å². The van der Waals surface area contributed by atoms with Crippen LogP contribution in [0.2, 0.25) is 0 Å². The number of carbonyl (C=O) groups is 1. The van der Waals surface area contributed by atoms with Crippen LogP contribution in [0.5, 0.6) is 5.75 Å². The second kappa shape index (κ2) is 4.74. The summed E-state index contributed by atoms with van der Waals surface area (Å²) in [5.74, 6) is 0.544. The Kier molecular flexibility index (Phi) is 3.06. The fraction of sp³-hybridized carbons (Fsp3) is 0.500. The summed E-state index contributed by atoms with van der Waals surface area (Å²) < 4.78 is 11.0. The number of nitrogens with zero attached hydrogens (tertiary/aromatic N) is 1. The molecule has 1 amide bonds. The first-order chi connectivity index (χ1) is 9.17. The van der Waals surface area contributed by atoms with Gasteiger partial charge in [0.05, 0.1) is 24.9 Å². The summed E-state index contributed by atoms with van der Waals surface area (Å²) in [6.07, 6.45) is 2.47. The van der Waals surface area contributed by atoms with Crippen LogP contribution in [0.25, 0.3) is 0 Å². The van der Waals surface area contributed by atoms with Crippen LogP contribution in [0.4, 0.5) is 5.69 Å². The van der Waals surface area contributed by atoms with Crippen molar-refractivity contribution in [3.8, 4) is 5.75 Å². The van der Waals surface area contributed by atoms with E-state index in [0.29, 0.717) is 30.1 Å². The van der Waals surface area contributed by atoms with Crippen LogP contribution >= 0.6 is 0 Å². The van der Waals surface area contributed by atoms with Gasteiger partial charge in [0, 0.05) is 18.8 Å². The number of benzene rings is 1. The maximum absolute atomic E-state index is 12.6. The van der Waals surface area contributed by atoms with Crippen LogP contribution in [0.1, 0.15) is 23.2 Å². The van der Waals surface area contributed by atoms with E-state index in [1.54, 1.807) is 25.3 Å². The Hall–Kier alpha value is -1.75. The van der Waals surface area contributed by atoms with E-state index in [1.807, 2.05) is 4.90 Å². The molecule has 5 heteroatoms. The van der Waals surface area contributed by atoms with Crippen molar-refractivity contribution in [1.29, 1.82) is 0 Å². The van der Waals surface area contributed by atoms with Crippen molar-refractivity contribution >= 4 is 11.6 Å². The number of nitrogens with two attached hydrogens (primary N) is 1. The Morgan fingerprint density at radius 3 is 2.68 bits per heavy atom. The highest BCUT2D eigenvalue weighted by Gasteiger charge is 2.36. The predicted octanol–water partition coefficient (Wildman–Crippen LogP) is 1.28. The highest BCUT2D eigenvalue weighted by atomic mass is 16.5. The molecule has 2 bridgehead atoms. The number of carbonyl (C=O) groups excluding carboxylic acids is 1. The summed E-state index contributed by atoms with van der Waals surface area (Å²) in [6.45, 7) is 1.32. The highest BCUT2D eigenvalue weighted by molar-refractivity contribution is 5.98. The zero-order valence-electron chi connectivity index (χ0n) is 11.0. The molecule has 1 aromatic carbocycles. The van der Waals surface area contributed by atoms with Crippen molar-refractivity contribution in [2.45, 2.75) is 25.0 Å². The molecule has 2 aliphatic rings. The molecule has 19 heavy (non-hydrogen) atoms. The number of anilines is 1. The van der Waals surface area contributed by atoms with E-state index in [9.17, 15) is 4.79 Å². The van der Waals surface area contributed by atoms with Crippen molar-refractivity contribution < 1.29 is 14.3 Å². The molecule has 0 aliphatic carbocycles. The minimum absolute atomic E-state index is 0.0237. The van der Waals surface area contributed by atoms with E-state index in [2.05, 4.69) is 0 Å². The lowest BCUT2D eigenvalue weighted by molar-refractivity contribution is -0.0304. The van der Waals surface area contributed by atoms with Gasteiger partial charge in [-0.3, -0.25) is 4.79 Å². The maximum Gasteiger partial charge on any atom is 0.257 e. The minimum Gasteiger partial charge on any atom is -0.496 e. The molecule has 2 atom stereocenters. The molecule has 2 aliphatic heterocycles. The summed E-state index contributed by atoms with van der Waals surface area (Å²) in [5, 5.41) is 0. The SMILES string of the molecule is COc1ccc(N)cc1C(=O)N1CC2CCC(C1)O2. The zero-order valence-corrected chi connectivity index (χ0v) is 11.0. The molecule has 2 fully saturated rings. The first-order valence-corrected chi connectivity index (χ1v) is 6.55. The molecule has 102 valence electrons. The largest absolute Gasteiger partial charge is 0.496 e. The van der Waals surface area contributed by atoms with Crippen LogP contribution in [0.15, 0.2) is 18.2 Å². The Labute approximate surface area is 112 Å². The van der Waals surface area contributed by atoms with Crippen molar-refractivity contribution in [2.24, 2.45) is 0 Å². The number of rotatable bonds is 2. The monoisotopic (exact) mass is 262 g/mol. The van der Waals surface area contributed by atoms with Gasteiger partial charge < -0.3 is 20.1 Å². The van der Waals surface area contributed by atoms with Gasteiger partial charge in [-0.1, -0.05) is 0 Å². The van der Waals surface area contributed by atoms with Gasteiger partial charge in [0.1, 0.15) is 5.75 Å². The minimum atomic E-state index is -0.0237. The first kappa shape index (κ1) is 12.3. The Bertz CT molecular complexity index is 491. The molecule has 2 saturated heterocycles. The van der Waals surface area contributed by atoms with Crippen LogP contribution in [-0.4, -0.2) is 43.2 Å². The lowest BCUT2D eigenvalue weighted by atomic mass is 10.1. The number of morpholine rings is 1. The van der Waals surface area contributed by atoms with Gasteiger partial charge in [0.2, 0.25) is 0 Å². The molecule has 3 rings (SSSR count). The Balaban J connectivity index is 1.85. The second-order valence-corrected chi connectivity index (χ2v) is 5.13. The predicted molar refractivity (Wildman–Crippen MR) is 71.2 cm³/mol. The third-order valence-electron chi connectivity index (χ3n) is 3.78. The number of ether oxygens (including phenoxy) is 2. The number of hydrogen-bond donors (Lipinski definition) is 1. The van der Waals surface area contributed by atoms with Crippen LogP contribution < -0.4 is 10.5 Å². The number of likely N-dealkylation sites (tertiary alicyclic amines) is 1. The van der Waals surface area contributed by atoms with Gasteiger partial charge in [-0.05, 0) is 31.0 Å². The van der Waals surface area contributed by atoms with Gasteiger partial charge in [-0.2, -0.15) is 0 Å². The van der Waals surface area contributed by atoms with Gasteiger partial charge in [-0.25, -0.2) is 0 Å². The summed E-state index contributed by atoms with van der Waals surface area (Å²) in [6, 6.07) is 5.15. The molecule has 2 unspecified atom stereocenters. The fourth-order valence-electron chi connectivity index (χ4n) is 2.84. The number of amides is 1. The molecule has 0 aromatic heterocycles.